The molecule has 0 saturated carbocycles. The highest BCUT2D eigenvalue weighted by molar-refractivity contribution is 6.32. The highest BCUT2D eigenvalue weighted by atomic mass is 35.5. The Labute approximate surface area is 147 Å². The number of nitro groups is 1. The zero-order chi connectivity index (χ0) is 17.8. The Morgan fingerprint density at radius 2 is 1.92 bits per heavy atom. The lowest BCUT2D eigenvalue weighted by atomic mass is 10.2. The standard InChI is InChI=1S/C18H11ClN2O4/c19-14-10-9-13(11-16(14)21(23)24)17-20-15(18(22)25-17)8-4-7-12-5-2-1-3-6-12/h1-11H/b7-4-,15-8+. The quantitative estimate of drug-likeness (QED) is 0.357. The third kappa shape index (κ3) is 3.81. The summed E-state index contributed by atoms with van der Waals surface area (Å²) < 4.78 is 5.08. The van der Waals surface area contributed by atoms with E-state index in [1.54, 1.807) is 6.08 Å². The van der Waals surface area contributed by atoms with E-state index in [0.29, 0.717) is 5.56 Å². The van der Waals surface area contributed by atoms with Gasteiger partial charge >= 0.3 is 5.97 Å². The number of nitrogens with zero attached hydrogens (tertiary/aromatic N) is 2. The number of esters is 1. The van der Waals surface area contributed by atoms with Crippen molar-refractivity contribution < 1.29 is 14.5 Å². The lowest BCUT2D eigenvalue weighted by Crippen LogP contribution is -2.06. The molecule has 0 aromatic heterocycles. The molecule has 0 aliphatic carbocycles. The molecule has 1 aliphatic heterocycles. The Morgan fingerprint density at radius 1 is 1.16 bits per heavy atom. The van der Waals surface area contributed by atoms with Crippen molar-refractivity contribution in [1.82, 2.24) is 0 Å². The molecule has 7 heteroatoms. The number of cyclic esters (lactones) is 1. The van der Waals surface area contributed by atoms with Gasteiger partial charge in [0, 0.05) is 11.6 Å². The molecule has 2 aromatic carbocycles. The Kier molecular flexibility index (Phi) is 4.72. The molecular weight excluding hydrogens is 344 g/mol. The molecule has 0 saturated heterocycles. The Bertz CT molecular complexity index is 933. The summed E-state index contributed by atoms with van der Waals surface area (Å²) in [5, 5.41) is 10.9. The van der Waals surface area contributed by atoms with Gasteiger partial charge in [-0.25, -0.2) is 9.79 Å². The molecule has 0 spiro atoms. The zero-order valence-electron chi connectivity index (χ0n) is 12.8. The summed E-state index contributed by atoms with van der Waals surface area (Å²) in [5.41, 5.74) is 1.11. The third-order valence-corrected chi connectivity index (χ3v) is 3.67. The minimum atomic E-state index is -0.620. The van der Waals surface area contributed by atoms with Gasteiger partial charge in [0.05, 0.1) is 4.92 Å². The van der Waals surface area contributed by atoms with Gasteiger partial charge in [-0.3, -0.25) is 10.1 Å². The highest BCUT2D eigenvalue weighted by Gasteiger charge is 2.25. The van der Waals surface area contributed by atoms with Gasteiger partial charge in [-0.2, -0.15) is 0 Å². The van der Waals surface area contributed by atoms with Gasteiger partial charge in [0.25, 0.3) is 5.69 Å². The molecule has 0 atom stereocenters. The molecule has 6 nitrogen and oxygen atoms in total. The summed E-state index contributed by atoms with van der Waals surface area (Å²) in [6, 6.07) is 13.6. The summed E-state index contributed by atoms with van der Waals surface area (Å²) in [4.78, 5) is 26.3. The van der Waals surface area contributed by atoms with Gasteiger partial charge in [-0.05, 0) is 23.8 Å². The second kappa shape index (κ2) is 7.11. The van der Waals surface area contributed by atoms with E-state index < -0.39 is 10.9 Å². The molecule has 0 unspecified atom stereocenters. The molecule has 25 heavy (non-hydrogen) atoms. The van der Waals surface area contributed by atoms with Crippen molar-refractivity contribution in [3.05, 3.63) is 92.6 Å². The second-order valence-electron chi connectivity index (χ2n) is 5.05. The summed E-state index contributed by atoms with van der Waals surface area (Å²) >= 11 is 5.77. The fraction of sp³-hybridized carbons (Fsp3) is 0. The van der Waals surface area contributed by atoms with Crippen LogP contribution in [0.5, 0.6) is 0 Å². The number of benzene rings is 2. The first-order valence-electron chi connectivity index (χ1n) is 7.23. The zero-order valence-corrected chi connectivity index (χ0v) is 13.5. The van der Waals surface area contributed by atoms with Crippen molar-refractivity contribution in [3.8, 4) is 0 Å². The average Bonchev–Trinajstić information content (AvgIpc) is 2.97. The maximum absolute atomic E-state index is 11.9. The van der Waals surface area contributed by atoms with Gasteiger partial charge < -0.3 is 4.74 Å². The first kappa shape index (κ1) is 16.6. The van der Waals surface area contributed by atoms with Gasteiger partial charge in [0.2, 0.25) is 5.90 Å². The number of halogens is 1. The van der Waals surface area contributed by atoms with E-state index in [1.165, 1.54) is 24.3 Å². The van der Waals surface area contributed by atoms with E-state index in [9.17, 15) is 14.9 Å². The Hall–Kier alpha value is -3.25. The molecule has 3 rings (SSSR count). The van der Waals surface area contributed by atoms with Crippen LogP contribution in [0.15, 0.2) is 71.4 Å². The topological polar surface area (TPSA) is 81.8 Å². The average molecular weight is 355 g/mol. The van der Waals surface area contributed by atoms with Crippen LogP contribution in [-0.2, 0) is 9.53 Å². The Morgan fingerprint density at radius 3 is 2.64 bits per heavy atom. The van der Waals surface area contributed by atoms with Gasteiger partial charge in [-0.15, -0.1) is 0 Å². The van der Waals surface area contributed by atoms with E-state index in [0.717, 1.165) is 5.56 Å². The third-order valence-electron chi connectivity index (χ3n) is 3.35. The molecule has 0 fully saturated rings. The number of allylic oxidation sites excluding steroid dienone is 2. The molecule has 0 radical (unpaired) electrons. The second-order valence-corrected chi connectivity index (χ2v) is 5.46. The first-order chi connectivity index (χ1) is 12.0. The molecule has 0 bridgehead atoms. The fourth-order valence-electron chi connectivity index (χ4n) is 2.15. The summed E-state index contributed by atoms with van der Waals surface area (Å²) in [6.45, 7) is 0. The van der Waals surface area contributed by atoms with E-state index in [4.69, 9.17) is 16.3 Å². The molecule has 2 aromatic rings. The van der Waals surface area contributed by atoms with Gasteiger partial charge in [0.15, 0.2) is 5.70 Å². The van der Waals surface area contributed by atoms with Crippen molar-refractivity contribution in [2.75, 3.05) is 0 Å². The molecule has 1 heterocycles. The molecule has 124 valence electrons. The number of carbonyl (C=O) groups excluding carboxylic acids is 1. The molecule has 0 amide bonds. The summed E-state index contributed by atoms with van der Waals surface area (Å²) in [5.74, 6) is -0.616. The Balaban J connectivity index is 1.85. The van der Waals surface area contributed by atoms with E-state index in [-0.39, 0.29) is 22.3 Å². The number of rotatable bonds is 4. The molecule has 0 N–H and O–H groups in total. The van der Waals surface area contributed by atoms with Gasteiger partial charge in [-0.1, -0.05) is 54.1 Å². The van der Waals surface area contributed by atoms with Crippen molar-refractivity contribution in [2.45, 2.75) is 0 Å². The van der Waals surface area contributed by atoms with Crippen molar-refractivity contribution in [3.63, 3.8) is 0 Å². The normalized spacial score (nSPS) is 15.5. The maximum atomic E-state index is 11.9. The maximum Gasteiger partial charge on any atom is 0.363 e. The van der Waals surface area contributed by atoms with Crippen LogP contribution in [0.1, 0.15) is 11.1 Å². The fourth-order valence-corrected chi connectivity index (χ4v) is 2.33. The number of ether oxygens (including phenoxy) is 1. The minimum absolute atomic E-state index is 0.000216. The minimum Gasteiger partial charge on any atom is -0.402 e. The summed E-state index contributed by atoms with van der Waals surface area (Å²) in [7, 11) is 0. The highest BCUT2D eigenvalue weighted by Crippen LogP contribution is 2.27. The number of aliphatic imine (C=N–C) groups is 1. The van der Waals surface area contributed by atoms with Gasteiger partial charge in [0.1, 0.15) is 5.02 Å². The SMILES string of the molecule is O=C1OC(c2ccc(Cl)c([N+](=O)[O-])c2)=N/C1=C/C=C\c1ccccc1. The van der Waals surface area contributed by atoms with E-state index >= 15 is 0 Å². The number of hydrogen-bond donors (Lipinski definition) is 0. The van der Waals surface area contributed by atoms with Crippen LogP contribution in [0.25, 0.3) is 6.08 Å². The van der Waals surface area contributed by atoms with E-state index in [2.05, 4.69) is 4.99 Å². The summed E-state index contributed by atoms with van der Waals surface area (Å²) in [6.07, 6.45) is 5.02. The lowest BCUT2D eigenvalue weighted by Gasteiger charge is -2.00. The van der Waals surface area contributed by atoms with Crippen LogP contribution in [0, 0.1) is 10.1 Å². The van der Waals surface area contributed by atoms with Crippen LogP contribution >= 0.6 is 11.6 Å². The van der Waals surface area contributed by atoms with Crippen LogP contribution < -0.4 is 0 Å². The van der Waals surface area contributed by atoms with Crippen LogP contribution in [-0.4, -0.2) is 16.8 Å². The monoisotopic (exact) mass is 354 g/mol. The van der Waals surface area contributed by atoms with Crippen molar-refractivity contribution in [2.24, 2.45) is 4.99 Å². The molecule has 1 aliphatic rings. The van der Waals surface area contributed by atoms with E-state index in [1.807, 2.05) is 36.4 Å². The van der Waals surface area contributed by atoms with Crippen LogP contribution in [0.4, 0.5) is 5.69 Å². The van der Waals surface area contributed by atoms with Crippen molar-refractivity contribution in [1.29, 1.82) is 0 Å². The van der Waals surface area contributed by atoms with Crippen molar-refractivity contribution >= 4 is 35.2 Å². The lowest BCUT2D eigenvalue weighted by molar-refractivity contribution is -0.384. The largest absolute Gasteiger partial charge is 0.402 e. The number of nitro benzene ring substituents is 1. The smallest absolute Gasteiger partial charge is 0.363 e. The number of carbonyl (C=O) groups is 1. The number of hydrogen-bond acceptors (Lipinski definition) is 5. The van der Waals surface area contributed by atoms with Crippen LogP contribution in [0.2, 0.25) is 5.02 Å². The first-order valence-corrected chi connectivity index (χ1v) is 7.61. The molecular formula is C18H11ClN2O4. The predicted molar refractivity (Wildman–Crippen MR) is 94.3 cm³/mol. The van der Waals surface area contributed by atoms with Crippen LogP contribution in [0.3, 0.4) is 0 Å². The predicted octanol–water partition coefficient (Wildman–Crippen LogP) is 4.15.